The van der Waals surface area contributed by atoms with Crippen LogP contribution in [-0.2, 0) is 6.42 Å². The molecule has 0 spiro atoms. The number of rotatable bonds is 3. The summed E-state index contributed by atoms with van der Waals surface area (Å²) in [4.78, 5) is 4.53. The molecule has 104 valence electrons. The third kappa shape index (κ3) is 2.37. The summed E-state index contributed by atoms with van der Waals surface area (Å²) >= 11 is 5.84. The number of fused-ring (bicyclic) bond motifs is 1. The summed E-state index contributed by atoms with van der Waals surface area (Å²) in [6.45, 7) is 0. The topological polar surface area (TPSA) is 41.6 Å². The summed E-state index contributed by atoms with van der Waals surface area (Å²) < 4.78 is 15.0. The largest absolute Gasteiger partial charge is 0.296 e. The number of aromatic nitrogens is 2. The first-order valence-corrected chi connectivity index (χ1v) is 7.00. The summed E-state index contributed by atoms with van der Waals surface area (Å²) in [7, 11) is 0. The van der Waals surface area contributed by atoms with Crippen molar-refractivity contribution in [3.63, 3.8) is 0 Å². The molecule has 0 bridgehead atoms. The second-order valence-electron chi connectivity index (χ2n) is 4.56. The van der Waals surface area contributed by atoms with E-state index in [0.29, 0.717) is 23.4 Å². The van der Waals surface area contributed by atoms with Crippen molar-refractivity contribution in [2.24, 2.45) is 0 Å². The lowest BCUT2D eigenvalue weighted by atomic mass is 10.2. The standard InChI is InChI=1S/C16H11ClFN3/c17-9-8-15-20-16-11(10-19)2-1-3-14(16)21(15)13-6-4-12(18)5-7-13/h1-7H,8-9H2. The molecular weight excluding hydrogens is 289 g/mol. The van der Waals surface area contributed by atoms with Crippen LogP contribution < -0.4 is 0 Å². The Morgan fingerprint density at radius 2 is 1.95 bits per heavy atom. The predicted octanol–water partition coefficient (Wildman–Crippen LogP) is 3.82. The molecular formula is C16H11ClFN3. The zero-order chi connectivity index (χ0) is 14.8. The highest BCUT2D eigenvalue weighted by atomic mass is 35.5. The van der Waals surface area contributed by atoms with Gasteiger partial charge in [-0.05, 0) is 36.4 Å². The van der Waals surface area contributed by atoms with E-state index in [1.807, 2.05) is 16.7 Å². The third-order valence-corrected chi connectivity index (χ3v) is 3.47. The number of nitriles is 1. The quantitative estimate of drug-likeness (QED) is 0.690. The minimum Gasteiger partial charge on any atom is -0.296 e. The summed E-state index contributed by atoms with van der Waals surface area (Å²) in [5, 5.41) is 9.20. The van der Waals surface area contributed by atoms with E-state index in [2.05, 4.69) is 11.1 Å². The van der Waals surface area contributed by atoms with Gasteiger partial charge < -0.3 is 0 Å². The van der Waals surface area contributed by atoms with E-state index >= 15 is 0 Å². The lowest BCUT2D eigenvalue weighted by Crippen LogP contribution is -2.02. The molecule has 0 atom stereocenters. The number of alkyl halides is 1. The van der Waals surface area contributed by atoms with Gasteiger partial charge in [0.25, 0.3) is 0 Å². The van der Waals surface area contributed by atoms with Crippen molar-refractivity contribution in [1.29, 1.82) is 5.26 Å². The average Bonchev–Trinajstić information content (AvgIpc) is 2.86. The molecule has 0 fully saturated rings. The highest BCUT2D eigenvalue weighted by Crippen LogP contribution is 2.24. The lowest BCUT2D eigenvalue weighted by Gasteiger charge is -2.08. The first-order chi connectivity index (χ1) is 10.2. The second kappa shape index (κ2) is 5.55. The van der Waals surface area contributed by atoms with Gasteiger partial charge in [0.2, 0.25) is 0 Å². The van der Waals surface area contributed by atoms with Gasteiger partial charge in [0, 0.05) is 18.0 Å². The van der Waals surface area contributed by atoms with E-state index in [4.69, 9.17) is 11.6 Å². The van der Waals surface area contributed by atoms with Gasteiger partial charge in [0.15, 0.2) is 0 Å². The van der Waals surface area contributed by atoms with Crippen LogP contribution in [-0.4, -0.2) is 15.4 Å². The SMILES string of the molecule is N#Cc1cccc2c1nc(CCCl)n2-c1ccc(F)cc1. The van der Waals surface area contributed by atoms with Crippen molar-refractivity contribution in [2.45, 2.75) is 6.42 Å². The Morgan fingerprint density at radius 3 is 2.62 bits per heavy atom. The Labute approximate surface area is 126 Å². The van der Waals surface area contributed by atoms with Crippen LogP contribution in [0.25, 0.3) is 16.7 Å². The van der Waals surface area contributed by atoms with Crippen molar-refractivity contribution in [2.75, 3.05) is 5.88 Å². The van der Waals surface area contributed by atoms with Gasteiger partial charge in [-0.1, -0.05) is 6.07 Å². The monoisotopic (exact) mass is 299 g/mol. The molecule has 0 N–H and O–H groups in total. The number of hydrogen-bond donors (Lipinski definition) is 0. The normalized spacial score (nSPS) is 10.7. The number of benzene rings is 2. The number of halogens is 2. The van der Waals surface area contributed by atoms with Crippen molar-refractivity contribution >= 4 is 22.6 Å². The zero-order valence-electron chi connectivity index (χ0n) is 11.1. The first kappa shape index (κ1) is 13.6. The summed E-state index contributed by atoms with van der Waals surface area (Å²) in [5.41, 5.74) is 2.78. The zero-order valence-corrected chi connectivity index (χ0v) is 11.8. The van der Waals surface area contributed by atoms with E-state index in [-0.39, 0.29) is 5.82 Å². The van der Waals surface area contributed by atoms with Crippen LogP contribution in [0.4, 0.5) is 4.39 Å². The summed E-state index contributed by atoms with van der Waals surface area (Å²) in [5.74, 6) is 0.890. The molecule has 3 nitrogen and oxygen atoms in total. The smallest absolute Gasteiger partial charge is 0.123 e. The maximum absolute atomic E-state index is 13.1. The molecule has 21 heavy (non-hydrogen) atoms. The third-order valence-electron chi connectivity index (χ3n) is 3.28. The Bertz CT molecular complexity index is 831. The minimum absolute atomic E-state index is 0.292. The molecule has 5 heteroatoms. The Kier molecular flexibility index (Phi) is 3.59. The molecule has 0 unspecified atom stereocenters. The van der Waals surface area contributed by atoms with Gasteiger partial charge in [0.05, 0.1) is 11.1 Å². The Hall–Kier alpha value is -2.38. The first-order valence-electron chi connectivity index (χ1n) is 6.47. The van der Waals surface area contributed by atoms with Crippen LogP contribution in [0.5, 0.6) is 0 Å². The number of para-hydroxylation sites is 1. The van der Waals surface area contributed by atoms with Gasteiger partial charge in [-0.25, -0.2) is 9.37 Å². The van der Waals surface area contributed by atoms with Crippen LogP contribution in [0.3, 0.4) is 0 Å². The predicted molar refractivity (Wildman–Crippen MR) is 80.2 cm³/mol. The van der Waals surface area contributed by atoms with Gasteiger partial charge in [-0.2, -0.15) is 5.26 Å². The molecule has 0 amide bonds. The molecule has 1 heterocycles. The van der Waals surface area contributed by atoms with Crippen molar-refractivity contribution in [1.82, 2.24) is 9.55 Å². The minimum atomic E-state index is -0.292. The fourth-order valence-corrected chi connectivity index (χ4v) is 2.54. The number of aryl methyl sites for hydroxylation is 1. The average molecular weight is 300 g/mol. The maximum Gasteiger partial charge on any atom is 0.123 e. The molecule has 2 aromatic carbocycles. The van der Waals surface area contributed by atoms with Crippen LogP contribution in [0.1, 0.15) is 11.4 Å². The van der Waals surface area contributed by atoms with Crippen molar-refractivity contribution in [3.05, 3.63) is 59.7 Å². The van der Waals surface area contributed by atoms with Gasteiger partial charge >= 0.3 is 0 Å². The number of imidazole rings is 1. The van der Waals surface area contributed by atoms with Gasteiger partial charge in [-0.3, -0.25) is 4.57 Å². The maximum atomic E-state index is 13.1. The van der Waals surface area contributed by atoms with E-state index in [1.54, 1.807) is 18.2 Å². The fourth-order valence-electron chi connectivity index (χ4n) is 2.37. The van der Waals surface area contributed by atoms with E-state index in [0.717, 1.165) is 17.0 Å². The summed E-state index contributed by atoms with van der Waals surface area (Å²) in [6.07, 6.45) is 0.568. The highest BCUT2D eigenvalue weighted by molar-refractivity contribution is 6.18. The lowest BCUT2D eigenvalue weighted by molar-refractivity contribution is 0.627. The molecule has 0 radical (unpaired) electrons. The number of nitrogens with zero attached hydrogens (tertiary/aromatic N) is 3. The van der Waals surface area contributed by atoms with E-state index in [1.165, 1.54) is 12.1 Å². The highest BCUT2D eigenvalue weighted by Gasteiger charge is 2.14. The summed E-state index contributed by atoms with van der Waals surface area (Å²) in [6, 6.07) is 13.8. The van der Waals surface area contributed by atoms with Crippen LogP contribution in [0.15, 0.2) is 42.5 Å². The van der Waals surface area contributed by atoms with Crippen molar-refractivity contribution < 1.29 is 4.39 Å². The molecule has 0 saturated carbocycles. The van der Waals surface area contributed by atoms with Gasteiger partial charge in [0.1, 0.15) is 23.2 Å². The Balaban J connectivity index is 2.31. The molecule has 3 rings (SSSR count). The van der Waals surface area contributed by atoms with Crippen LogP contribution in [0.2, 0.25) is 0 Å². The second-order valence-corrected chi connectivity index (χ2v) is 4.94. The molecule has 0 aliphatic rings. The molecule has 0 aliphatic heterocycles. The van der Waals surface area contributed by atoms with E-state index in [9.17, 15) is 9.65 Å². The molecule has 3 aromatic rings. The van der Waals surface area contributed by atoms with E-state index < -0.39 is 0 Å². The number of hydrogen-bond acceptors (Lipinski definition) is 2. The van der Waals surface area contributed by atoms with Crippen molar-refractivity contribution in [3.8, 4) is 11.8 Å². The van der Waals surface area contributed by atoms with Gasteiger partial charge in [-0.15, -0.1) is 11.6 Å². The van der Waals surface area contributed by atoms with Crippen LogP contribution in [0, 0.1) is 17.1 Å². The molecule has 0 aliphatic carbocycles. The molecule has 1 aromatic heterocycles. The molecule has 0 saturated heterocycles. The fraction of sp³-hybridized carbons (Fsp3) is 0.125. The Morgan fingerprint density at radius 1 is 1.19 bits per heavy atom. The van der Waals surface area contributed by atoms with Crippen LogP contribution >= 0.6 is 11.6 Å².